The second kappa shape index (κ2) is 6.70. The highest BCUT2D eigenvalue weighted by atomic mass is 28.1. The van der Waals surface area contributed by atoms with Crippen molar-refractivity contribution in [2.24, 2.45) is 0 Å². The molecule has 0 amide bonds. The van der Waals surface area contributed by atoms with Gasteiger partial charge in [0, 0.05) is 12.5 Å². The Morgan fingerprint density at radius 2 is 2.07 bits per heavy atom. The van der Waals surface area contributed by atoms with Crippen molar-refractivity contribution in [3.8, 4) is 0 Å². The molecule has 82 valence electrons. The Morgan fingerprint density at radius 1 is 1.43 bits per heavy atom. The average molecular weight is 222 g/mol. The Kier molecular flexibility index (Phi) is 6.36. The summed E-state index contributed by atoms with van der Waals surface area (Å²) >= 11 is 0. The highest BCUT2D eigenvalue weighted by Gasteiger charge is 2.18. The molecule has 0 rings (SSSR count). The maximum absolute atomic E-state index is 12.4. The molecule has 0 aromatic carbocycles. The molecule has 5 heteroatoms. The molecule has 0 atom stereocenters. The fraction of sp³-hybridized carbons (Fsp3) is 0.667. The minimum absolute atomic E-state index is 0.0470. The molecule has 0 heterocycles. The van der Waals surface area contributed by atoms with Crippen LogP contribution in [0.2, 0.25) is 0 Å². The van der Waals surface area contributed by atoms with Crippen molar-refractivity contribution in [2.45, 2.75) is 31.2 Å². The molecule has 0 bridgehead atoms. The summed E-state index contributed by atoms with van der Waals surface area (Å²) in [6.07, 6.45) is 2.84. The number of carbonyl (C=O) groups is 1. The Hall–Kier alpha value is -0.713. The Balaban J connectivity index is 3.22. The molecule has 0 aromatic rings. The lowest BCUT2D eigenvalue weighted by molar-refractivity contribution is -0.137. The summed E-state index contributed by atoms with van der Waals surface area (Å²) in [6.45, 7) is 3.53. The zero-order valence-corrected chi connectivity index (χ0v) is 10.4. The summed E-state index contributed by atoms with van der Waals surface area (Å²) in [6, 6.07) is 0. The van der Waals surface area contributed by atoms with Crippen LogP contribution in [0.4, 0.5) is 8.78 Å². The SMILES string of the molecule is C=CC(=O)OCCCCCC(F)(F)[SiH3]. The molecule has 0 aliphatic carbocycles. The van der Waals surface area contributed by atoms with Crippen molar-refractivity contribution in [3.05, 3.63) is 12.7 Å². The van der Waals surface area contributed by atoms with Gasteiger partial charge in [-0.1, -0.05) is 6.58 Å². The molecule has 0 fully saturated rings. The fourth-order valence-electron chi connectivity index (χ4n) is 0.946. The molecule has 0 saturated carbocycles. The fourth-order valence-corrected chi connectivity index (χ4v) is 1.30. The number of esters is 1. The van der Waals surface area contributed by atoms with E-state index in [4.69, 9.17) is 0 Å². The van der Waals surface area contributed by atoms with Gasteiger partial charge in [-0.3, -0.25) is 0 Å². The molecule has 0 unspecified atom stereocenters. The minimum Gasteiger partial charge on any atom is -0.463 e. The van der Waals surface area contributed by atoms with E-state index < -0.39 is 11.5 Å². The van der Waals surface area contributed by atoms with Crippen LogP contribution in [0.1, 0.15) is 25.7 Å². The molecular weight excluding hydrogens is 206 g/mol. The Bertz CT molecular complexity index is 190. The largest absolute Gasteiger partial charge is 0.463 e. The highest BCUT2D eigenvalue weighted by molar-refractivity contribution is 6.13. The normalized spacial score (nSPS) is 11.3. The van der Waals surface area contributed by atoms with E-state index in [0.29, 0.717) is 19.3 Å². The van der Waals surface area contributed by atoms with Crippen LogP contribution in [0.3, 0.4) is 0 Å². The van der Waals surface area contributed by atoms with Crippen molar-refractivity contribution in [1.82, 2.24) is 0 Å². The van der Waals surface area contributed by atoms with Crippen LogP contribution in [-0.2, 0) is 9.53 Å². The van der Waals surface area contributed by atoms with Crippen LogP contribution in [0, 0.1) is 0 Å². The van der Waals surface area contributed by atoms with Gasteiger partial charge in [-0.15, -0.1) is 0 Å². The second-order valence-electron chi connectivity index (χ2n) is 3.25. The van der Waals surface area contributed by atoms with E-state index in [-0.39, 0.29) is 23.3 Å². The molecule has 0 spiro atoms. The number of rotatable bonds is 7. The predicted octanol–water partition coefficient (Wildman–Crippen LogP) is 1.23. The number of halogens is 2. The van der Waals surface area contributed by atoms with Gasteiger partial charge in [-0.25, -0.2) is 13.6 Å². The molecule has 0 aromatic heterocycles. The van der Waals surface area contributed by atoms with E-state index in [2.05, 4.69) is 11.3 Å². The number of unbranched alkanes of at least 4 members (excludes halogenated alkanes) is 2. The number of ether oxygens (including phenoxy) is 1. The van der Waals surface area contributed by atoms with Crippen LogP contribution in [-0.4, -0.2) is 28.4 Å². The van der Waals surface area contributed by atoms with Crippen molar-refractivity contribution < 1.29 is 18.3 Å². The highest BCUT2D eigenvalue weighted by Crippen LogP contribution is 2.16. The third-order valence-electron chi connectivity index (χ3n) is 1.67. The summed E-state index contributed by atoms with van der Waals surface area (Å²) < 4.78 is 29.4. The number of carbonyl (C=O) groups excluding carboxylic acids is 1. The van der Waals surface area contributed by atoms with Crippen molar-refractivity contribution >= 4 is 16.2 Å². The summed E-state index contributed by atoms with van der Waals surface area (Å²) in [5.41, 5.74) is -2.45. The summed E-state index contributed by atoms with van der Waals surface area (Å²) in [5.74, 6) is -0.460. The van der Waals surface area contributed by atoms with E-state index >= 15 is 0 Å². The van der Waals surface area contributed by atoms with Gasteiger partial charge in [0.2, 0.25) is 5.55 Å². The number of hydrogen-bond acceptors (Lipinski definition) is 2. The van der Waals surface area contributed by atoms with Crippen LogP contribution in [0.5, 0.6) is 0 Å². The van der Waals surface area contributed by atoms with Crippen molar-refractivity contribution in [2.75, 3.05) is 6.61 Å². The van der Waals surface area contributed by atoms with Gasteiger partial charge < -0.3 is 4.74 Å². The van der Waals surface area contributed by atoms with Crippen molar-refractivity contribution in [3.63, 3.8) is 0 Å². The van der Waals surface area contributed by atoms with Crippen LogP contribution < -0.4 is 0 Å². The van der Waals surface area contributed by atoms with Gasteiger partial charge in [-0.2, -0.15) is 0 Å². The molecule has 0 aliphatic heterocycles. The molecule has 0 saturated heterocycles. The van der Waals surface area contributed by atoms with Crippen LogP contribution in [0.25, 0.3) is 0 Å². The molecule has 2 nitrogen and oxygen atoms in total. The van der Waals surface area contributed by atoms with E-state index in [1.807, 2.05) is 0 Å². The van der Waals surface area contributed by atoms with E-state index in [1.165, 1.54) is 0 Å². The van der Waals surface area contributed by atoms with E-state index in [1.54, 1.807) is 0 Å². The zero-order valence-electron chi connectivity index (χ0n) is 8.39. The number of hydrogen-bond donors (Lipinski definition) is 0. The summed E-state index contributed by atoms with van der Waals surface area (Å²) in [4.78, 5) is 10.5. The smallest absolute Gasteiger partial charge is 0.330 e. The number of alkyl halides is 2. The van der Waals surface area contributed by atoms with Crippen LogP contribution in [0.15, 0.2) is 12.7 Å². The first-order valence-corrected chi connectivity index (χ1v) is 5.63. The maximum atomic E-state index is 12.4. The van der Waals surface area contributed by atoms with Gasteiger partial charge in [0.15, 0.2) is 0 Å². The Labute approximate surface area is 85.7 Å². The maximum Gasteiger partial charge on any atom is 0.330 e. The first kappa shape index (κ1) is 13.3. The Morgan fingerprint density at radius 3 is 2.57 bits per heavy atom. The quantitative estimate of drug-likeness (QED) is 0.280. The van der Waals surface area contributed by atoms with Gasteiger partial charge in [0.1, 0.15) is 0 Å². The lowest BCUT2D eigenvalue weighted by atomic mass is 10.2. The average Bonchev–Trinajstić information content (AvgIpc) is 2.08. The topological polar surface area (TPSA) is 26.3 Å². The second-order valence-corrected chi connectivity index (χ2v) is 4.72. The van der Waals surface area contributed by atoms with Gasteiger partial charge in [0.05, 0.1) is 16.8 Å². The molecule has 0 radical (unpaired) electrons. The van der Waals surface area contributed by atoms with Gasteiger partial charge in [-0.05, 0) is 19.3 Å². The van der Waals surface area contributed by atoms with Gasteiger partial charge in [0.25, 0.3) is 0 Å². The first-order chi connectivity index (χ1) is 6.45. The van der Waals surface area contributed by atoms with Gasteiger partial charge >= 0.3 is 5.97 Å². The molecule has 0 N–H and O–H groups in total. The lowest BCUT2D eigenvalue weighted by Crippen LogP contribution is -2.14. The lowest BCUT2D eigenvalue weighted by Gasteiger charge is -2.09. The third kappa shape index (κ3) is 9.38. The monoisotopic (exact) mass is 222 g/mol. The van der Waals surface area contributed by atoms with E-state index in [9.17, 15) is 13.6 Å². The molecule has 0 aliphatic rings. The summed E-state index contributed by atoms with van der Waals surface area (Å²) in [5, 5.41) is 0. The molecule has 14 heavy (non-hydrogen) atoms. The van der Waals surface area contributed by atoms with E-state index in [0.717, 1.165) is 6.08 Å². The standard InChI is InChI=1S/C9H16F2O2Si/c1-2-8(12)13-7-5-3-4-6-9(10,11)14/h2H,1,3-7H2,14H3. The predicted molar refractivity (Wildman–Crippen MR) is 54.5 cm³/mol. The zero-order chi connectivity index (χ0) is 11.0. The molecular formula is C9H16F2O2Si. The first-order valence-electron chi connectivity index (χ1n) is 4.63. The summed E-state index contributed by atoms with van der Waals surface area (Å²) in [7, 11) is -0.0871. The van der Waals surface area contributed by atoms with Crippen molar-refractivity contribution in [1.29, 1.82) is 0 Å². The van der Waals surface area contributed by atoms with Crippen LogP contribution >= 0.6 is 0 Å². The minimum atomic E-state index is -2.45. The third-order valence-corrected chi connectivity index (χ3v) is 2.17.